The number of halogens is 2. The Kier molecular flexibility index (Phi) is 6.99. The van der Waals surface area contributed by atoms with E-state index in [4.69, 9.17) is 23.2 Å². The minimum absolute atomic E-state index is 0.0103. The summed E-state index contributed by atoms with van der Waals surface area (Å²) in [5, 5.41) is 3.39. The first-order valence-electron chi connectivity index (χ1n) is 6.80. The first kappa shape index (κ1) is 17.8. The molecular weight excluding hydrogens is 311 g/mol. The van der Waals surface area contributed by atoms with Crippen LogP contribution in [0.4, 0.5) is 5.69 Å². The van der Waals surface area contributed by atoms with Crippen LogP contribution in [0.3, 0.4) is 0 Å². The molecule has 0 saturated carbocycles. The van der Waals surface area contributed by atoms with E-state index in [0.29, 0.717) is 28.2 Å². The molecule has 1 aromatic rings. The summed E-state index contributed by atoms with van der Waals surface area (Å²) in [5.74, 6) is 0.0212. The highest BCUT2D eigenvalue weighted by Gasteiger charge is 2.16. The normalized spacial score (nSPS) is 10.6. The molecule has 0 unspecified atom stereocenters. The van der Waals surface area contributed by atoms with Gasteiger partial charge in [0, 0.05) is 13.5 Å². The van der Waals surface area contributed by atoms with E-state index in [1.54, 1.807) is 18.2 Å². The van der Waals surface area contributed by atoms with Gasteiger partial charge in [-0.25, -0.2) is 0 Å². The second kappa shape index (κ2) is 8.25. The van der Waals surface area contributed by atoms with Gasteiger partial charge in [0.1, 0.15) is 0 Å². The number of amides is 2. The molecule has 0 heterocycles. The van der Waals surface area contributed by atoms with Crippen LogP contribution in [0.1, 0.15) is 27.2 Å². The lowest BCUT2D eigenvalue weighted by Gasteiger charge is -2.21. The molecule has 0 atom stereocenters. The molecule has 1 N–H and O–H groups in total. The maximum atomic E-state index is 12.1. The predicted molar refractivity (Wildman–Crippen MR) is 86.8 cm³/mol. The van der Waals surface area contributed by atoms with Crippen molar-refractivity contribution in [3.63, 3.8) is 0 Å². The maximum Gasteiger partial charge on any atom is 0.244 e. The van der Waals surface area contributed by atoms with Gasteiger partial charge in [0.2, 0.25) is 11.8 Å². The average Bonchev–Trinajstić information content (AvgIpc) is 2.38. The summed E-state index contributed by atoms with van der Waals surface area (Å²) in [7, 11) is 0. The molecule has 6 heteroatoms. The van der Waals surface area contributed by atoms with E-state index in [2.05, 4.69) is 19.2 Å². The van der Waals surface area contributed by atoms with Crippen molar-refractivity contribution in [2.24, 2.45) is 5.92 Å². The minimum Gasteiger partial charge on any atom is -0.334 e. The summed E-state index contributed by atoms with van der Waals surface area (Å²) in [6.45, 7) is 6.14. The van der Waals surface area contributed by atoms with Crippen molar-refractivity contribution in [2.45, 2.75) is 27.2 Å². The van der Waals surface area contributed by atoms with E-state index in [9.17, 15) is 9.59 Å². The Balaban J connectivity index is 2.68. The van der Waals surface area contributed by atoms with Gasteiger partial charge in [-0.1, -0.05) is 43.1 Å². The highest BCUT2D eigenvalue weighted by molar-refractivity contribution is 6.39. The van der Waals surface area contributed by atoms with E-state index >= 15 is 0 Å². The zero-order valence-electron chi connectivity index (χ0n) is 12.5. The fourth-order valence-electron chi connectivity index (χ4n) is 1.73. The Morgan fingerprint density at radius 2 is 1.81 bits per heavy atom. The van der Waals surface area contributed by atoms with Crippen molar-refractivity contribution < 1.29 is 9.59 Å². The van der Waals surface area contributed by atoms with Gasteiger partial charge < -0.3 is 10.2 Å². The molecule has 0 saturated heterocycles. The van der Waals surface area contributed by atoms with Crippen LogP contribution in [0.5, 0.6) is 0 Å². The fraction of sp³-hybridized carbons (Fsp3) is 0.467. The van der Waals surface area contributed by atoms with E-state index in [1.165, 1.54) is 11.8 Å². The van der Waals surface area contributed by atoms with Gasteiger partial charge in [0.25, 0.3) is 0 Å². The second-order valence-corrected chi connectivity index (χ2v) is 6.08. The van der Waals surface area contributed by atoms with Gasteiger partial charge >= 0.3 is 0 Å². The smallest absolute Gasteiger partial charge is 0.244 e. The quantitative estimate of drug-likeness (QED) is 0.861. The molecule has 0 spiro atoms. The zero-order chi connectivity index (χ0) is 16.0. The number of benzene rings is 1. The van der Waals surface area contributed by atoms with Crippen molar-refractivity contribution in [1.82, 2.24) is 4.90 Å². The van der Waals surface area contributed by atoms with Crippen LogP contribution in [-0.2, 0) is 9.59 Å². The lowest BCUT2D eigenvalue weighted by molar-refractivity contribution is -0.132. The molecule has 0 fully saturated rings. The SMILES string of the molecule is CC(=O)N(CCC(C)C)CC(=O)Nc1c(Cl)cccc1Cl. The molecule has 0 aromatic heterocycles. The van der Waals surface area contributed by atoms with Crippen LogP contribution >= 0.6 is 23.2 Å². The molecule has 0 aliphatic heterocycles. The van der Waals surface area contributed by atoms with E-state index in [1.807, 2.05) is 0 Å². The highest BCUT2D eigenvalue weighted by Crippen LogP contribution is 2.29. The van der Waals surface area contributed by atoms with Crippen molar-refractivity contribution >= 4 is 40.7 Å². The number of hydrogen-bond acceptors (Lipinski definition) is 2. The molecule has 2 amide bonds. The third kappa shape index (κ3) is 5.94. The summed E-state index contributed by atoms with van der Waals surface area (Å²) < 4.78 is 0. The first-order valence-corrected chi connectivity index (χ1v) is 7.56. The van der Waals surface area contributed by atoms with Gasteiger partial charge in [-0.3, -0.25) is 9.59 Å². The predicted octanol–water partition coefficient (Wildman–Crippen LogP) is 3.83. The third-order valence-electron chi connectivity index (χ3n) is 2.98. The maximum absolute atomic E-state index is 12.1. The Morgan fingerprint density at radius 3 is 2.29 bits per heavy atom. The van der Waals surface area contributed by atoms with Crippen LogP contribution in [0.25, 0.3) is 0 Å². The molecule has 0 aliphatic rings. The molecule has 0 bridgehead atoms. The lowest BCUT2D eigenvalue weighted by Crippen LogP contribution is -2.37. The molecule has 4 nitrogen and oxygen atoms in total. The number of nitrogens with one attached hydrogen (secondary N) is 1. The molecule has 1 aromatic carbocycles. The number of nitrogens with zero attached hydrogens (tertiary/aromatic N) is 1. The molecule has 116 valence electrons. The Hall–Kier alpha value is -1.26. The van der Waals surface area contributed by atoms with Gasteiger partial charge in [-0.05, 0) is 24.5 Å². The summed E-state index contributed by atoms with van der Waals surface area (Å²) >= 11 is 12.0. The number of carbonyl (C=O) groups excluding carboxylic acids is 2. The van der Waals surface area contributed by atoms with E-state index in [0.717, 1.165) is 6.42 Å². The monoisotopic (exact) mass is 330 g/mol. The number of rotatable bonds is 6. The molecule has 0 aliphatic carbocycles. The van der Waals surface area contributed by atoms with E-state index < -0.39 is 0 Å². The van der Waals surface area contributed by atoms with Crippen molar-refractivity contribution in [2.75, 3.05) is 18.4 Å². The van der Waals surface area contributed by atoms with Crippen LogP contribution < -0.4 is 5.32 Å². The average molecular weight is 331 g/mol. The minimum atomic E-state index is -0.316. The number of hydrogen-bond donors (Lipinski definition) is 1. The Morgan fingerprint density at radius 1 is 1.24 bits per heavy atom. The standard InChI is InChI=1S/C15H20Cl2N2O2/c1-10(2)7-8-19(11(3)20)9-14(21)18-15-12(16)5-4-6-13(15)17/h4-6,10H,7-9H2,1-3H3,(H,18,21). The Labute approximate surface area is 135 Å². The van der Waals surface area contributed by atoms with Crippen LogP contribution in [0.15, 0.2) is 18.2 Å². The summed E-state index contributed by atoms with van der Waals surface area (Å²) in [6.07, 6.45) is 0.847. The van der Waals surface area contributed by atoms with Gasteiger partial charge in [0.05, 0.1) is 22.3 Å². The first-order chi connectivity index (χ1) is 9.81. The number of para-hydroxylation sites is 1. The highest BCUT2D eigenvalue weighted by atomic mass is 35.5. The van der Waals surface area contributed by atoms with Crippen molar-refractivity contribution in [3.8, 4) is 0 Å². The number of anilines is 1. The molecule has 0 radical (unpaired) electrons. The topological polar surface area (TPSA) is 49.4 Å². The zero-order valence-corrected chi connectivity index (χ0v) is 14.0. The molecular formula is C15H20Cl2N2O2. The van der Waals surface area contributed by atoms with Gasteiger partial charge in [0.15, 0.2) is 0 Å². The Bertz CT molecular complexity index is 498. The summed E-state index contributed by atoms with van der Waals surface area (Å²) in [5.41, 5.74) is 0.373. The molecule has 1 rings (SSSR count). The second-order valence-electron chi connectivity index (χ2n) is 5.27. The summed E-state index contributed by atoms with van der Waals surface area (Å²) in [6, 6.07) is 4.99. The van der Waals surface area contributed by atoms with Gasteiger partial charge in [-0.2, -0.15) is 0 Å². The van der Waals surface area contributed by atoms with Crippen LogP contribution in [-0.4, -0.2) is 29.8 Å². The largest absolute Gasteiger partial charge is 0.334 e. The van der Waals surface area contributed by atoms with Gasteiger partial charge in [-0.15, -0.1) is 0 Å². The van der Waals surface area contributed by atoms with E-state index in [-0.39, 0.29) is 18.4 Å². The van der Waals surface area contributed by atoms with Crippen LogP contribution in [0.2, 0.25) is 10.0 Å². The van der Waals surface area contributed by atoms with Crippen LogP contribution in [0, 0.1) is 5.92 Å². The molecule has 21 heavy (non-hydrogen) atoms. The fourth-order valence-corrected chi connectivity index (χ4v) is 2.22. The third-order valence-corrected chi connectivity index (χ3v) is 3.61. The van der Waals surface area contributed by atoms with Crippen molar-refractivity contribution in [3.05, 3.63) is 28.2 Å². The lowest BCUT2D eigenvalue weighted by atomic mass is 10.1. The number of carbonyl (C=O) groups is 2. The summed E-state index contributed by atoms with van der Waals surface area (Å²) in [4.78, 5) is 25.1. The van der Waals surface area contributed by atoms with Crippen molar-refractivity contribution in [1.29, 1.82) is 0 Å².